The molecule has 2 aromatic rings. The van der Waals surface area contributed by atoms with Crippen LogP contribution in [0.2, 0.25) is 0 Å². The third kappa shape index (κ3) is 2.21. The first-order valence-electron chi connectivity index (χ1n) is 5.23. The zero-order chi connectivity index (χ0) is 10.7. The van der Waals surface area contributed by atoms with Crippen LogP contribution in [0.15, 0.2) is 42.9 Å². The number of aryl methyl sites for hydroxylation is 2. The Hall–Kier alpha value is -1.70. The number of rotatable bonds is 2. The Morgan fingerprint density at radius 1 is 1.20 bits per heavy atom. The average Bonchev–Trinajstić information content (AvgIpc) is 2.29. The van der Waals surface area contributed by atoms with E-state index in [1.807, 2.05) is 16.8 Å². The first-order chi connectivity index (χ1) is 7.29. The number of hydrogen-bond donors (Lipinski definition) is 0. The summed E-state index contributed by atoms with van der Waals surface area (Å²) in [5, 5.41) is 0. The molecule has 2 nitrogen and oxygen atoms in total. The molecule has 0 radical (unpaired) electrons. The quantitative estimate of drug-likeness (QED) is 0.678. The minimum atomic E-state index is 0.970. The van der Waals surface area contributed by atoms with Crippen molar-refractivity contribution in [1.82, 2.24) is 4.98 Å². The largest absolute Gasteiger partial charge is 0.327 e. The first-order valence-corrected chi connectivity index (χ1v) is 5.23. The third-order valence-electron chi connectivity index (χ3n) is 2.47. The van der Waals surface area contributed by atoms with Crippen LogP contribution in [0.5, 0.6) is 0 Å². The van der Waals surface area contributed by atoms with Gasteiger partial charge in [-0.1, -0.05) is 6.92 Å². The fourth-order valence-corrected chi connectivity index (χ4v) is 1.51. The Morgan fingerprint density at radius 3 is 2.53 bits per heavy atom. The molecule has 76 valence electrons. The molecule has 2 aromatic heterocycles. The molecule has 0 aromatic carbocycles. The second-order valence-corrected chi connectivity index (χ2v) is 3.66. The molecule has 15 heavy (non-hydrogen) atoms. The third-order valence-corrected chi connectivity index (χ3v) is 2.47. The van der Waals surface area contributed by atoms with Crippen LogP contribution < -0.4 is 4.57 Å². The summed E-state index contributed by atoms with van der Waals surface area (Å²) in [5.41, 5.74) is 2.57. The van der Waals surface area contributed by atoms with Crippen LogP contribution in [0.25, 0.3) is 5.82 Å². The van der Waals surface area contributed by atoms with Gasteiger partial charge in [0, 0.05) is 6.07 Å². The van der Waals surface area contributed by atoms with Crippen LogP contribution in [0.1, 0.15) is 18.1 Å². The van der Waals surface area contributed by atoms with Gasteiger partial charge in [0.05, 0.1) is 12.4 Å². The van der Waals surface area contributed by atoms with E-state index in [2.05, 4.69) is 49.4 Å². The molecule has 0 atom stereocenters. The summed E-state index contributed by atoms with van der Waals surface area (Å²) in [7, 11) is 0. The maximum absolute atomic E-state index is 4.33. The van der Waals surface area contributed by atoms with Crippen molar-refractivity contribution in [3.8, 4) is 5.82 Å². The van der Waals surface area contributed by atoms with Gasteiger partial charge in [-0.25, -0.2) is 4.57 Å². The van der Waals surface area contributed by atoms with Gasteiger partial charge in [-0.3, -0.25) is 0 Å². The zero-order valence-corrected chi connectivity index (χ0v) is 9.14. The molecule has 0 bridgehead atoms. The molecule has 0 saturated heterocycles. The van der Waals surface area contributed by atoms with Crippen molar-refractivity contribution >= 4 is 0 Å². The van der Waals surface area contributed by atoms with E-state index in [1.165, 1.54) is 11.1 Å². The Bertz CT molecular complexity index is 446. The lowest BCUT2D eigenvalue weighted by Gasteiger charge is -1.98. The summed E-state index contributed by atoms with van der Waals surface area (Å²) < 4.78 is 2.03. The van der Waals surface area contributed by atoms with Crippen molar-refractivity contribution in [2.75, 3.05) is 0 Å². The van der Waals surface area contributed by atoms with E-state index in [9.17, 15) is 0 Å². The fraction of sp³-hybridized carbons (Fsp3) is 0.231. The zero-order valence-electron chi connectivity index (χ0n) is 9.14. The van der Waals surface area contributed by atoms with Crippen LogP contribution in [0.3, 0.4) is 0 Å². The Morgan fingerprint density at radius 2 is 1.93 bits per heavy atom. The van der Waals surface area contributed by atoms with Crippen molar-refractivity contribution in [3.63, 3.8) is 0 Å². The van der Waals surface area contributed by atoms with Crippen LogP contribution in [0, 0.1) is 6.92 Å². The second-order valence-electron chi connectivity index (χ2n) is 3.66. The van der Waals surface area contributed by atoms with Gasteiger partial charge in [-0.2, -0.15) is 0 Å². The molecule has 0 aliphatic rings. The lowest BCUT2D eigenvalue weighted by atomic mass is 10.2. The number of pyridine rings is 2. The van der Waals surface area contributed by atoms with Gasteiger partial charge >= 0.3 is 5.82 Å². The molecule has 2 rings (SSSR count). The van der Waals surface area contributed by atoms with Gasteiger partial charge in [-0.15, -0.1) is 0 Å². The van der Waals surface area contributed by atoms with E-state index < -0.39 is 0 Å². The molecule has 0 aliphatic carbocycles. The summed E-state index contributed by atoms with van der Waals surface area (Å²) in [6, 6.07) is 8.34. The van der Waals surface area contributed by atoms with Gasteiger partial charge in [0.15, 0.2) is 0 Å². The number of hydrogen-bond acceptors (Lipinski definition) is 1. The van der Waals surface area contributed by atoms with E-state index in [-0.39, 0.29) is 0 Å². The maximum atomic E-state index is 4.33. The number of nitrogens with zero attached hydrogens (tertiary/aromatic N) is 2. The van der Waals surface area contributed by atoms with Gasteiger partial charge in [-0.05, 0) is 47.7 Å². The molecule has 0 unspecified atom stereocenters. The standard InChI is InChI=1S/C13H15N2/c1-3-12-5-8-15(9-6-12)13-10-11(2)4-7-14-13/h4-10H,3H2,1-2H3/q+1. The van der Waals surface area contributed by atoms with E-state index >= 15 is 0 Å². The van der Waals surface area contributed by atoms with Crippen molar-refractivity contribution in [2.24, 2.45) is 0 Å². The Kier molecular flexibility index (Phi) is 2.77. The molecule has 2 heterocycles. The van der Waals surface area contributed by atoms with Gasteiger partial charge in [0.2, 0.25) is 0 Å². The predicted octanol–water partition coefficient (Wildman–Crippen LogP) is 2.23. The molecule has 0 amide bonds. The summed E-state index contributed by atoms with van der Waals surface area (Å²) >= 11 is 0. The highest BCUT2D eigenvalue weighted by molar-refractivity contribution is 5.19. The lowest BCUT2D eigenvalue weighted by molar-refractivity contribution is -0.599. The topological polar surface area (TPSA) is 16.8 Å². The predicted molar refractivity (Wildman–Crippen MR) is 59.9 cm³/mol. The van der Waals surface area contributed by atoms with E-state index in [0.29, 0.717) is 0 Å². The molecule has 0 N–H and O–H groups in total. The minimum Gasteiger partial charge on any atom is -0.203 e. The molecular formula is C13H15N2+. The van der Waals surface area contributed by atoms with Crippen molar-refractivity contribution in [3.05, 3.63) is 54.0 Å². The number of aromatic nitrogens is 2. The highest BCUT2D eigenvalue weighted by Gasteiger charge is 2.05. The van der Waals surface area contributed by atoms with Crippen molar-refractivity contribution in [1.29, 1.82) is 0 Å². The highest BCUT2D eigenvalue weighted by atomic mass is 15.0. The van der Waals surface area contributed by atoms with Crippen molar-refractivity contribution < 1.29 is 4.57 Å². The molecular weight excluding hydrogens is 184 g/mol. The molecule has 0 fully saturated rings. The van der Waals surface area contributed by atoms with Crippen LogP contribution in [0.4, 0.5) is 0 Å². The highest BCUT2D eigenvalue weighted by Crippen LogP contribution is 2.01. The average molecular weight is 199 g/mol. The van der Waals surface area contributed by atoms with Gasteiger partial charge < -0.3 is 0 Å². The molecule has 0 spiro atoms. The van der Waals surface area contributed by atoms with Crippen LogP contribution >= 0.6 is 0 Å². The van der Waals surface area contributed by atoms with Crippen molar-refractivity contribution in [2.45, 2.75) is 20.3 Å². The van der Waals surface area contributed by atoms with E-state index in [0.717, 1.165) is 12.2 Å². The summed E-state index contributed by atoms with van der Waals surface area (Å²) in [6.07, 6.45) is 7.02. The maximum Gasteiger partial charge on any atom is 0.327 e. The minimum absolute atomic E-state index is 0.970. The normalized spacial score (nSPS) is 10.3. The van der Waals surface area contributed by atoms with Gasteiger partial charge in [0.25, 0.3) is 0 Å². The Balaban J connectivity index is 2.37. The monoisotopic (exact) mass is 199 g/mol. The smallest absolute Gasteiger partial charge is 0.203 e. The SMILES string of the molecule is CCc1cc[n+](-c2cc(C)ccn2)cc1. The van der Waals surface area contributed by atoms with Crippen LogP contribution in [-0.2, 0) is 6.42 Å². The molecule has 0 aliphatic heterocycles. The van der Waals surface area contributed by atoms with Gasteiger partial charge in [0.1, 0.15) is 6.20 Å². The second kappa shape index (κ2) is 4.22. The Labute approximate surface area is 90.2 Å². The molecule has 0 saturated carbocycles. The first kappa shape index (κ1) is 9.84. The fourth-order valence-electron chi connectivity index (χ4n) is 1.51. The summed E-state index contributed by atoms with van der Waals surface area (Å²) in [6.45, 7) is 4.23. The van der Waals surface area contributed by atoms with E-state index in [1.54, 1.807) is 0 Å². The van der Waals surface area contributed by atoms with E-state index in [4.69, 9.17) is 0 Å². The summed E-state index contributed by atoms with van der Waals surface area (Å²) in [4.78, 5) is 4.33. The van der Waals surface area contributed by atoms with Crippen LogP contribution in [-0.4, -0.2) is 4.98 Å². The summed E-state index contributed by atoms with van der Waals surface area (Å²) in [5.74, 6) is 0.970. The molecule has 2 heteroatoms. The lowest BCUT2D eigenvalue weighted by Crippen LogP contribution is -2.30.